The summed E-state index contributed by atoms with van der Waals surface area (Å²) in [6.07, 6.45) is 1.68. The number of nitrogens with two attached hydrogens (primary N) is 2. The fraction of sp³-hybridized carbons (Fsp3) is 0.455. The van der Waals surface area contributed by atoms with E-state index in [1.165, 1.54) is 11.1 Å². The average Bonchev–Trinajstić information content (AvgIpc) is 2.16. The van der Waals surface area contributed by atoms with Gasteiger partial charge in [-0.25, -0.2) is 0 Å². The molecule has 0 saturated heterocycles. The molecule has 1 aromatic carbocycles. The molecule has 2 nitrogen and oxygen atoms in total. The fourth-order valence-electron chi connectivity index (χ4n) is 1.50. The summed E-state index contributed by atoms with van der Waals surface area (Å²) in [4.78, 5) is 0. The van der Waals surface area contributed by atoms with E-state index in [4.69, 9.17) is 11.5 Å². The minimum absolute atomic E-state index is 0.346. The Morgan fingerprint density at radius 3 is 2.31 bits per heavy atom. The molecule has 0 aliphatic heterocycles. The van der Waals surface area contributed by atoms with Crippen LogP contribution in [0.4, 0.5) is 0 Å². The van der Waals surface area contributed by atoms with Crippen molar-refractivity contribution in [3.63, 3.8) is 0 Å². The Bertz CT molecular complexity index is 279. The lowest BCUT2D eigenvalue weighted by Gasteiger charge is -2.12. The first kappa shape index (κ1) is 10.2. The molecule has 0 aliphatic rings. The van der Waals surface area contributed by atoms with Crippen molar-refractivity contribution < 1.29 is 0 Å². The molecule has 72 valence electrons. The van der Waals surface area contributed by atoms with Crippen molar-refractivity contribution in [2.24, 2.45) is 11.5 Å². The minimum Gasteiger partial charge on any atom is -0.312 e. The van der Waals surface area contributed by atoms with Gasteiger partial charge in [0.1, 0.15) is 0 Å². The second-order valence-corrected chi connectivity index (χ2v) is 3.27. The van der Waals surface area contributed by atoms with Crippen molar-refractivity contribution in [3.05, 3.63) is 34.9 Å². The highest BCUT2D eigenvalue weighted by Gasteiger charge is 2.05. The van der Waals surface area contributed by atoms with Crippen LogP contribution in [0.15, 0.2) is 18.2 Å². The number of benzene rings is 1. The van der Waals surface area contributed by atoms with E-state index >= 15 is 0 Å². The van der Waals surface area contributed by atoms with Gasteiger partial charge in [0, 0.05) is 0 Å². The van der Waals surface area contributed by atoms with Gasteiger partial charge < -0.3 is 11.5 Å². The molecule has 0 fully saturated rings. The van der Waals surface area contributed by atoms with Gasteiger partial charge in [-0.15, -0.1) is 0 Å². The first-order valence-corrected chi connectivity index (χ1v) is 4.81. The van der Waals surface area contributed by atoms with Crippen LogP contribution in [0.3, 0.4) is 0 Å². The van der Waals surface area contributed by atoms with E-state index in [2.05, 4.69) is 32.0 Å². The zero-order valence-electron chi connectivity index (χ0n) is 8.38. The highest BCUT2D eigenvalue weighted by atomic mass is 14.8. The normalized spacial score (nSPS) is 10.8. The molecule has 0 aromatic heterocycles. The summed E-state index contributed by atoms with van der Waals surface area (Å²) in [6.45, 7) is 4.25. The van der Waals surface area contributed by atoms with Gasteiger partial charge in [0.2, 0.25) is 0 Å². The van der Waals surface area contributed by atoms with Crippen LogP contribution in [0.25, 0.3) is 0 Å². The monoisotopic (exact) mass is 178 g/mol. The van der Waals surface area contributed by atoms with Crippen molar-refractivity contribution in [2.45, 2.75) is 32.9 Å². The molecule has 2 heteroatoms. The van der Waals surface area contributed by atoms with Crippen molar-refractivity contribution >= 4 is 0 Å². The summed E-state index contributed by atoms with van der Waals surface area (Å²) in [5, 5.41) is 0. The van der Waals surface area contributed by atoms with Crippen molar-refractivity contribution in [1.82, 2.24) is 0 Å². The Hall–Kier alpha value is -0.860. The molecule has 4 N–H and O–H groups in total. The second kappa shape index (κ2) is 4.40. The van der Waals surface area contributed by atoms with Gasteiger partial charge in [0.05, 0.1) is 6.17 Å². The third kappa shape index (κ3) is 2.29. The van der Waals surface area contributed by atoms with Gasteiger partial charge in [0.25, 0.3) is 0 Å². The van der Waals surface area contributed by atoms with Gasteiger partial charge in [-0.3, -0.25) is 0 Å². The predicted octanol–water partition coefficient (Wildman–Crippen LogP) is 1.73. The van der Waals surface area contributed by atoms with Crippen LogP contribution >= 0.6 is 0 Å². The summed E-state index contributed by atoms with van der Waals surface area (Å²) in [5.41, 5.74) is 15.0. The van der Waals surface area contributed by atoms with E-state index in [9.17, 15) is 0 Å². The summed E-state index contributed by atoms with van der Waals surface area (Å²) < 4.78 is 0. The van der Waals surface area contributed by atoms with E-state index < -0.39 is 0 Å². The molecule has 0 aliphatic carbocycles. The van der Waals surface area contributed by atoms with Crippen molar-refractivity contribution in [3.8, 4) is 0 Å². The minimum atomic E-state index is -0.346. The van der Waals surface area contributed by atoms with Gasteiger partial charge in [0.15, 0.2) is 0 Å². The van der Waals surface area contributed by atoms with Gasteiger partial charge in [-0.1, -0.05) is 32.0 Å². The van der Waals surface area contributed by atoms with Crippen LogP contribution in [0, 0.1) is 0 Å². The van der Waals surface area contributed by atoms with Crippen molar-refractivity contribution in [2.75, 3.05) is 0 Å². The SMILES string of the molecule is CCc1ccc(CC)c(C(N)N)c1. The molecule has 0 saturated carbocycles. The third-order valence-electron chi connectivity index (χ3n) is 2.36. The number of hydrogen-bond donors (Lipinski definition) is 2. The molecule has 0 heterocycles. The summed E-state index contributed by atoms with van der Waals surface area (Å²) in [6, 6.07) is 6.38. The Balaban J connectivity index is 3.10. The number of hydrogen-bond acceptors (Lipinski definition) is 2. The molecule has 0 unspecified atom stereocenters. The second-order valence-electron chi connectivity index (χ2n) is 3.27. The molecule has 0 atom stereocenters. The smallest absolute Gasteiger partial charge is 0.0787 e. The number of rotatable bonds is 3. The first-order valence-electron chi connectivity index (χ1n) is 4.81. The zero-order valence-corrected chi connectivity index (χ0v) is 8.38. The molecule has 0 bridgehead atoms. The molecular formula is C11H18N2. The summed E-state index contributed by atoms with van der Waals surface area (Å²) >= 11 is 0. The molecule has 0 spiro atoms. The van der Waals surface area contributed by atoms with E-state index in [1.807, 2.05) is 0 Å². The maximum atomic E-state index is 5.69. The van der Waals surface area contributed by atoms with Gasteiger partial charge >= 0.3 is 0 Å². The predicted molar refractivity (Wildman–Crippen MR) is 56.3 cm³/mol. The van der Waals surface area contributed by atoms with Crippen LogP contribution in [-0.2, 0) is 12.8 Å². The van der Waals surface area contributed by atoms with E-state index in [-0.39, 0.29) is 6.17 Å². The summed E-state index contributed by atoms with van der Waals surface area (Å²) in [5.74, 6) is 0. The molecule has 1 aromatic rings. The largest absolute Gasteiger partial charge is 0.312 e. The van der Waals surface area contributed by atoms with Crippen LogP contribution < -0.4 is 11.5 Å². The van der Waals surface area contributed by atoms with Crippen LogP contribution in [0.5, 0.6) is 0 Å². The average molecular weight is 178 g/mol. The van der Waals surface area contributed by atoms with E-state index in [1.54, 1.807) is 0 Å². The maximum Gasteiger partial charge on any atom is 0.0787 e. The molecule has 0 radical (unpaired) electrons. The Morgan fingerprint density at radius 1 is 1.15 bits per heavy atom. The lowest BCUT2D eigenvalue weighted by Crippen LogP contribution is -2.21. The van der Waals surface area contributed by atoms with Gasteiger partial charge in [-0.2, -0.15) is 0 Å². The lowest BCUT2D eigenvalue weighted by molar-refractivity contribution is 0.758. The standard InChI is InChI=1S/C11H18N2/c1-3-8-5-6-9(4-2)10(7-8)11(12)13/h5-7,11H,3-4,12-13H2,1-2H3. The summed E-state index contributed by atoms with van der Waals surface area (Å²) in [7, 11) is 0. The Labute approximate surface area is 79.9 Å². The van der Waals surface area contributed by atoms with Crippen molar-refractivity contribution in [1.29, 1.82) is 0 Å². The highest BCUT2D eigenvalue weighted by molar-refractivity contribution is 5.33. The molecule has 0 amide bonds. The molecule has 1 rings (SSSR count). The maximum absolute atomic E-state index is 5.69. The highest BCUT2D eigenvalue weighted by Crippen LogP contribution is 2.16. The van der Waals surface area contributed by atoms with E-state index in [0.29, 0.717) is 0 Å². The number of aryl methyl sites for hydroxylation is 2. The first-order chi connectivity index (χ1) is 6.19. The lowest BCUT2D eigenvalue weighted by atomic mass is 9.99. The Morgan fingerprint density at radius 2 is 1.85 bits per heavy atom. The molecular weight excluding hydrogens is 160 g/mol. The quantitative estimate of drug-likeness (QED) is 0.692. The van der Waals surface area contributed by atoms with Crippen LogP contribution in [0.1, 0.15) is 36.7 Å². The van der Waals surface area contributed by atoms with Crippen LogP contribution in [-0.4, -0.2) is 0 Å². The fourth-order valence-corrected chi connectivity index (χ4v) is 1.50. The third-order valence-corrected chi connectivity index (χ3v) is 2.36. The molecule has 13 heavy (non-hydrogen) atoms. The zero-order chi connectivity index (χ0) is 9.84. The van der Waals surface area contributed by atoms with E-state index in [0.717, 1.165) is 18.4 Å². The topological polar surface area (TPSA) is 52.0 Å². The van der Waals surface area contributed by atoms with Crippen LogP contribution in [0.2, 0.25) is 0 Å². The Kier molecular flexibility index (Phi) is 3.46. The van der Waals surface area contributed by atoms with Gasteiger partial charge in [-0.05, 0) is 29.5 Å².